The molecular weight excluding hydrogens is 424 g/mol. The van der Waals surface area contributed by atoms with Crippen molar-refractivity contribution >= 4 is 46.9 Å². The van der Waals surface area contributed by atoms with Crippen molar-refractivity contribution in [2.45, 2.75) is 0 Å². The van der Waals surface area contributed by atoms with Crippen LogP contribution in [0.15, 0.2) is 95.6 Å². The van der Waals surface area contributed by atoms with E-state index in [0.29, 0.717) is 22.0 Å². The Hall–Kier alpha value is -4.09. The van der Waals surface area contributed by atoms with Crippen LogP contribution >= 0.6 is 11.6 Å². The number of hydrogen-bond donors (Lipinski definition) is 2. The van der Waals surface area contributed by atoms with Crippen LogP contribution in [-0.4, -0.2) is 11.8 Å². The maximum atomic E-state index is 12.8. The van der Waals surface area contributed by atoms with Crippen LogP contribution < -0.4 is 10.6 Å². The second-order valence-electron chi connectivity index (χ2n) is 6.94. The van der Waals surface area contributed by atoms with E-state index in [1.807, 2.05) is 60.7 Å². The molecule has 0 saturated heterocycles. The van der Waals surface area contributed by atoms with Gasteiger partial charge in [-0.1, -0.05) is 60.2 Å². The molecule has 0 atom stereocenters. The number of hydrogen-bond acceptors (Lipinski definition) is 3. The molecule has 2 amide bonds. The molecular formula is C26H19ClN2O3. The molecule has 0 fully saturated rings. The lowest BCUT2D eigenvalue weighted by molar-refractivity contribution is 0.0996. The van der Waals surface area contributed by atoms with Gasteiger partial charge in [0, 0.05) is 10.7 Å². The summed E-state index contributed by atoms with van der Waals surface area (Å²) in [6.07, 6.45) is 5.39. The van der Waals surface area contributed by atoms with Crippen LogP contribution in [0.2, 0.25) is 5.02 Å². The molecule has 2 N–H and O–H groups in total. The highest BCUT2D eigenvalue weighted by Crippen LogP contribution is 2.20. The van der Waals surface area contributed by atoms with Crippen LogP contribution in [0, 0.1) is 0 Å². The summed E-state index contributed by atoms with van der Waals surface area (Å²) < 4.78 is 5.10. The van der Waals surface area contributed by atoms with E-state index in [0.717, 1.165) is 11.1 Å². The van der Waals surface area contributed by atoms with Gasteiger partial charge in [0.1, 0.15) is 0 Å². The molecule has 6 heteroatoms. The lowest BCUT2D eigenvalue weighted by Gasteiger charge is -2.11. The average molecular weight is 443 g/mol. The van der Waals surface area contributed by atoms with Gasteiger partial charge in [0.15, 0.2) is 5.76 Å². The fourth-order valence-corrected chi connectivity index (χ4v) is 3.15. The highest BCUT2D eigenvalue weighted by atomic mass is 35.5. The molecule has 4 aromatic rings. The summed E-state index contributed by atoms with van der Waals surface area (Å²) in [4.78, 5) is 25.1. The molecule has 1 heterocycles. The van der Waals surface area contributed by atoms with Gasteiger partial charge < -0.3 is 15.1 Å². The quantitative estimate of drug-likeness (QED) is 0.330. The zero-order chi connectivity index (χ0) is 22.3. The SMILES string of the molecule is O=C(Nc1ccccc1C(=O)Nc1ccc(/C=C/c2ccc(Cl)cc2)cc1)c1ccco1. The molecule has 5 nitrogen and oxygen atoms in total. The van der Waals surface area contributed by atoms with Gasteiger partial charge in [-0.25, -0.2) is 0 Å². The van der Waals surface area contributed by atoms with E-state index in [-0.39, 0.29) is 11.7 Å². The Bertz CT molecular complexity index is 1250. The van der Waals surface area contributed by atoms with Crippen LogP contribution in [0.1, 0.15) is 32.0 Å². The van der Waals surface area contributed by atoms with Crippen molar-refractivity contribution in [3.63, 3.8) is 0 Å². The minimum absolute atomic E-state index is 0.169. The molecule has 0 aliphatic rings. The number of carbonyl (C=O) groups is 2. The van der Waals surface area contributed by atoms with Crippen LogP contribution in [-0.2, 0) is 0 Å². The van der Waals surface area contributed by atoms with E-state index in [1.165, 1.54) is 6.26 Å². The predicted octanol–water partition coefficient (Wildman–Crippen LogP) is 6.61. The second-order valence-corrected chi connectivity index (χ2v) is 7.37. The summed E-state index contributed by atoms with van der Waals surface area (Å²) in [5.74, 6) is -0.584. The number of amides is 2. The van der Waals surface area contributed by atoms with Gasteiger partial charge in [0.05, 0.1) is 17.5 Å². The van der Waals surface area contributed by atoms with Gasteiger partial charge in [-0.05, 0) is 59.7 Å². The lowest BCUT2D eigenvalue weighted by Crippen LogP contribution is -2.18. The fraction of sp³-hybridized carbons (Fsp3) is 0. The van der Waals surface area contributed by atoms with Crippen molar-refractivity contribution in [1.29, 1.82) is 0 Å². The Labute approximate surface area is 190 Å². The largest absolute Gasteiger partial charge is 0.459 e. The van der Waals surface area contributed by atoms with Crippen LogP contribution in [0.4, 0.5) is 11.4 Å². The molecule has 32 heavy (non-hydrogen) atoms. The molecule has 0 saturated carbocycles. The molecule has 158 valence electrons. The highest BCUT2D eigenvalue weighted by Gasteiger charge is 2.15. The minimum Gasteiger partial charge on any atom is -0.459 e. The van der Waals surface area contributed by atoms with Crippen LogP contribution in [0.25, 0.3) is 12.2 Å². The Balaban J connectivity index is 1.43. The van der Waals surface area contributed by atoms with E-state index in [4.69, 9.17) is 16.0 Å². The molecule has 0 spiro atoms. The van der Waals surface area contributed by atoms with Crippen molar-refractivity contribution in [3.8, 4) is 0 Å². The summed E-state index contributed by atoms with van der Waals surface area (Å²) in [7, 11) is 0. The van der Waals surface area contributed by atoms with Crippen LogP contribution in [0.5, 0.6) is 0 Å². The Kier molecular flexibility index (Phi) is 6.49. The molecule has 1 aromatic heterocycles. The third kappa shape index (κ3) is 5.33. The second kappa shape index (κ2) is 9.81. The summed E-state index contributed by atoms with van der Waals surface area (Å²) in [5, 5.41) is 6.27. The molecule has 0 aliphatic carbocycles. The Morgan fingerprint density at radius 1 is 0.719 bits per heavy atom. The molecule has 0 unspecified atom stereocenters. The number of halogens is 1. The average Bonchev–Trinajstić information content (AvgIpc) is 3.35. The fourth-order valence-electron chi connectivity index (χ4n) is 3.02. The topological polar surface area (TPSA) is 71.3 Å². The third-order valence-electron chi connectivity index (χ3n) is 4.67. The smallest absolute Gasteiger partial charge is 0.291 e. The van der Waals surface area contributed by atoms with Gasteiger partial charge in [-0.2, -0.15) is 0 Å². The van der Waals surface area contributed by atoms with Gasteiger partial charge >= 0.3 is 0 Å². The maximum absolute atomic E-state index is 12.8. The molecule has 0 radical (unpaired) electrons. The first-order valence-electron chi connectivity index (χ1n) is 9.87. The molecule has 0 bridgehead atoms. The Morgan fingerprint density at radius 2 is 1.38 bits per heavy atom. The van der Waals surface area contributed by atoms with E-state index < -0.39 is 5.91 Å². The number of furan rings is 1. The van der Waals surface area contributed by atoms with E-state index in [1.54, 1.807) is 36.4 Å². The highest BCUT2D eigenvalue weighted by molar-refractivity contribution is 6.30. The maximum Gasteiger partial charge on any atom is 0.291 e. The minimum atomic E-state index is -0.424. The summed E-state index contributed by atoms with van der Waals surface area (Å²) >= 11 is 5.91. The zero-order valence-electron chi connectivity index (χ0n) is 16.9. The number of anilines is 2. The number of rotatable bonds is 6. The van der Waals surface area contributed by atoms with Gasteiger partial charge in [0.25, 0.3) is 11.8 Å². The van der Waals surface area contributed by atoms with Crippen molar-refractivity contribution in [2.75, 3.05) is 10.6 Å². The van der Waals surface area contributed by atoms with Gasteiger partial charge in [-0.3, -0.25) is 9.59 Å². The van der Waals surface area contributed by atoms with E-state index in [2.05, 4.69) is 10.6 Å². The summed E-state index contributed by atoms with van der Waals surface area (Å²) in [6, 6.07) is 25.0. The molecule has 3 aromatic carbocycles. The van der Waals surface area contributed by atoms with E-state index >= 15 is 0 Å². The third-order valence-corrected chi connectivity index (χ3v) is 4.92. The molecule has 4 rings (SSSR count). The van der Waals surface area contributed by atoms with Crippen molar-refractivity contribution in [2.24, 2.45) is 0 Å². The standard InChI is InChI=1S/C26H19ClN2O3/c27-20-13-9-18(10-14-20)7-8-19-11-15-21(16-12-19)28-25(30)22-4-1-2-5-23(22)29-26(31)24-6-3-17-32-24/h1-17H,(H,28,30)(H,29,31)/b8-7+. The Morgan fingerprint density at radius 3 is 2.03 bits per heavy atom. The van der Waals surface area contributed by atoms with Crippen molar-refractivity contribution < 1.29 is 14.0 Å². The first-order chi connectivity index (χ1) is 15.6. The zero-order valence-corrected chi connectivity index (χ0v) is 17.7. The monoisotopic (exact) mass is 442 g/mol. The number of carbonyl (C=O) groups excluding carboxylic acids is 2. The number of nitrogens with one attached hydrogen (secondary N) is 2. The van der Waals surface area contributed by atoms with E-state index in [9.17, 15) is 9.59 Å². The first kappa shape index (κ1) is 21.2. The first-order valence-corrected chi connectivity index (χ1v) is 10.3. The summed E-state index contributed by atoms with van der Waals surface area (Å²) in [5.41, 5.74) is 3.42. The summed E-state index contributed by atoms with van der Waals surface area (Å²) in [6.45, 7) is 0. The number of para-hydroxylation sites is 1. The van der Waals surface area contributed by atoms with Crippen molar-refractivity contribution in [3.05, 3.63) is 119 Å². The van der Waals surface area contributed by atoms with Gasteiger partial charge in [0.2, 0.25) is 0 Å². The number of benzene rings is 3. The normalized spacial score (nSPS) is 10.8. The lowest BCUT2D eigenvalue weighted by atomic mass is 10.1. The predicted molar refractivity (Wildman–Crippen MR) is 128 cm³/mol. The van der Waals surface area contributed by atoms with Gasteiger partial charge in [-0.15, -0.1) is 0 Å². The molecule has 0 aliphatic heterocycles. The van der Waals surface area contributed by atoms with Crippen molar-refractivity contribution in [1.82, 2.24) is 0 Å². The van der Waals surface area contributed by atoms with Crippen LogP contribution in [0.3, 0.4) is 0 Å².